The van der Waals surface area contributed by atoms with Crippen molar-refractivity contribution in [3.8, 4) is 0 Å². The Morgan fingerprint density at radius 1 is 1.18 bits per heavy atom. The number of halogens is 1. The number of nitrogens with one attached hydrogen (secondary N) is 1. The molecule has 2 unspecified atom stereocenters. The topological polar surface area (TPSA) is 173 Å². The maximum Gasteiger partial charge on any atom is 0.414 e. The molecule has 1 heterocycles. The van der Waals surface area contributed by atoms with Crippen molar-refractivity contribution < 1.29 is 38.5 Å². The number of rotatable bonds is 15. The number of ether oxygens (including phenoxy) is 1. The first-order valence-corrected chi connectivity index (χ1v) is 16.4. The Labute approximate surface area is 237 Å². The van der Waals surface area contributed by atoms with E-state index >= 15 is 0 Å². The molecular formula is C24H37BrN4O8P2. The van der Waals surface area contributed by atoms with Crippen molar-refractivity contribution in [2.75, 3.05) is 31.1 Å². The third kappa shape index (κ3) is 10.3. The highest BCUT2D eigenvalue weighted by Crippen LogP contribution is 2.53. The first kappa shape index (κ1) is 33.5. The summed E-state index contributed by atoms with van der Waals surface area (Å²) in [6.45, 7) is 8.83. The minimum atomic E-state index is -4.95. The summed E-state index contributed by atoms with van der Waals surface area (Å²) in [7, 11) is -8.03. The summed E-state index contributed by atoms with van der Waals surface area (Å²) in [4.78, 5) is 70.5. The second-order valence-electron chi connectivity index (χ2n) is 8.95. The molecule has 0 saturated carbocycles. The molecule has 0 aliphatic heterocycles. The average molecular weight is 651 g/mol. The zero-order chi connectivity index (χ0) is 29.2. The summed E-state index contributed by atoms with van der Waals surface area (Å²) in [6, 6.07) is 7.17. The van der Waals surface area contributed by atoms with Crippen molar-refractivity contribution in [1.82, 2.24) is 15.2 Å². The first-order chi connectivity index (χ1) is 18.4. The fraction of sp³-hybridized carbons (Fsp3) is 0.542. The standard InChI is InChI=1S/C24H37BrN4O8P2/c1-4-28(5-2)14-6-8-17(3)29(21-12-13-26-20-16-18(25)10-11-19(20)21)24(31)37-15-7-9-22(30)27-23(38(32)33)39(34,35)36/h10-13,16-17,23,32-33H,4-9,14-15H2,1-3H3,(H,27,30)(H2,34,35,36). The molecule has 39 heavy (non-hydrogen) atoms. The number of hydrogen-bond donors (Lipinski definition) is 5. The number of aromatic nitrogens is 1. The third-order valence-corrected chi connectivity index (χ3v) is 9.52. The monoisotopic (exact) mass is 650 g/mol. The Hall–Kier alpha value is -1.69. The van der Waals surface area contributed by atoms with Gasteiger partial charge in [-0.25, -0.2) is 4.79 Å². The van der Waals surface area contributed by atoms with E-state index in [0.29, 0.717) is 11.2 Å². The molecule has 0 bridgehead atoms. The highest BCUT2D eigenvalue weighted by Gasteiger charge is 2.37. The predicted molar refractivity (Wildman–Crippen MR) is 154 cm³/mol. The number of benzene rings is 1. The van der Waals surface area contributed by atoms with E-state index in [1.54, 1.807) is 17.2 Å². The van der Waals surface area contributed by atoms with Gasteiger partial charge in [-0.2, -0.15) is 0 Å². The zero-order valence-corrected chi connectivity index (χ0v) is 25.6. The summed E-state index contributed by atoms with van der Waals surface area (Å²) in [6.07, 6.45) is 2.46. The lowest BCUT2D eigenvalue weighted by Gasteiger charge is -2.30. The minimum Gasteiger partial charge on any atom is -0.449 e. The van der Waals surface area contributed by atoms with Crippen LogP contribution in [-0.2, 0) is 14.1 Å². The fourth-order valence-electron chi connectivity index (χ4n) is 4.07. The number of nitrogens with zero attached hydrogens (tertiary/aromatic N) is 3. The van der Waals surface area contributed by atoms with Gasteiger partial charge in [0.15, 0.2) is 0 Å². The van der Waals surface area contributed by atoms with Crippen molar-refractivity contribution in [2.45, 2.75) is 58.0 Å². The van der Waals surface area contributed by atoms with Gasteiger partial charge in [-0.05, 0) is 70.1 Å². The molecule has 0 radical (unpaired) electrons. The van der Waals surface area contributed by atoms with Crippen LogP contribution in [0.5, 0.6) is 0 Å². The third-order valence-electron chi connectivity index (χ3n) is 6.17. The van der Waals surface area contributed by atoms with Gasteiger partial charge in [0, 0.05) is 28.5 Å². The van der Waals surface area contributed by atoms with Crippen LogP contribution < -0.4 is 10.2 Å². The van der Waals surface area contributed by atoms with E-state index in [0.717, 1.165) is 42.3 Å². The number of carbonyl (C=O) groups excluding carboxylic acids is 2. The number of carbonyl (C=O) groups is 2. The van der Waals surface area contributed by atoms with Gasteiger partial charge in [-0.15, -0.1) is 0 Å². The van der Waals surface area contributed by atoms with Crippen molar-refractivity contribution in [2.24, 2.45) is 0 Å². The molecule has 1 aromatic carbocycles. The predicted octanol–water partition coefficient (Wildman–Crippen LogP) is 4.11. The zero-order valence-electron chi connectivity index (χ0n) is 22.2. The number of anilines is 1. The highest BCUT2D eigenvalue weighted by molar-refractivity contribution is 9.10. The van der Waals surface area contributed by atoms with Gasteiger partial charge in [0.25, 0.3) is 0 Å². The van der Waals surface area contributed by atoms with E-state index in [-0.39, 0.29) is 25.5 Å². The van der Waals surface area contributed by atoms with Gasteiger partial charge < -0.3 is 34.5 Å². The molecule has 1 aromatic heterocycles. The molecule has 12 nitrogen and oxygen atoms in total. The van der Waals surface area contributed by atoms with Gasteiger partial charge in [-0.3, -0.25) is 19.2 Å². The number of hydrogen-bond acceptors (Lipinski definition) is 8. The number of amides is 2. The van der Waals surface area contributed by atoms with E-state index in [4.69, 9.17) is 4.74 Å². The van der Waals surface area contributed by atoms with Crippen LogP contribution in [0.3, 0.4) is 0 Å². The summed E-state index contributed by atoms with van der Waals surface area (Å²) < 4.78 is 17.7. The Kier molecular flexibility index (Phi) is 13.7. The lowest BCUT2D eigenvalue weighted by molar-refractivity contribution is -0.121. The molecule has 15 heteroatoms. The van der Waals surface area contributed by atoms with Gasteiger partial charge >= 0.3 is 13.7 Å². The van der Waals surface area contributed by atoms with Gasteiger partial charge in [-0.1, -0.05) is 29.8 Å². The number of pyridine rings is 1. The summed E-state index contributed by atoms with van der Waals surface area (Å²) in [5.41, 5.74) is -0.719. The van der Waals surface area contributed by atoms with Crippen LogP contribution >= 0.6 is 31.9 Å². The molecular weight excluding hydrogens is 614 g/mol. The molecule has 0 aliphatic rings. The van der Waals surface area contributed by atoms with Crippen molar-refractivity contribution in [3.63, 3.8) is 0 Å². The second kappa shape index (κ2) is 15.9. The summed E-state index contributed by atoms with van der Waals surface area (Å²) in [5, 5.41) is 2.72. The van der Waals surface area contributed by atoms with E-state index in [1.807, 2.05) is 30.4 Å². The smallest absolute Gasteiger partial charge is 0.414 e. The lowest BCUT2D eigenvalue weighted by atomic mass is 10.1. The van der Waals surface area contributed by atoms with E-state index in [2.05, 4.69) is 39.7 Å². The Morgan fingerprint density at radius 3 is 2.49 bits per heavy atom. The summed E-state index contributed by atoms with van der Waals surface area (Å²) in [5.74, 6) is -0.803. The normalized spacial score (nSPS) is 13.5. The van der Waals surface area contributed by atoms with Crippen LogP contribution in [0.15, 0.2) is 34.9 Å². The molecule has 0 spiro atoms. The molecule has 0 saturated heterocycles. The number of fused-ring (bicyclic) bond motifs is 1. The molecule has 2 amide bonds. The Morgan fingerprint density at radius 2 is 1.87 bits per heavy atom. The fourth-order valence-corrected chi connectivity index (χ4v) is 6.06. The van der Waals surface area contributed by atoms with Crippen LogP contribution in [-0.4, -0.2) is 79.3 Å². The SMILES string of the molecule is CCN(CC)CCCC(C)N(C(=O)OCCCC(=O)NC(P(O)O)P(=O)(O)O)c1ccnc2cc(Br)ccc12. The molecule has 2 atom stereocenters. The molecule has 0 fully saturated rings. The Balaban J connectivity index is 2.11. The van der Waals surface area contributed by atoms with Crippen LogP contribution in [0.1, 0.15) is 46.5 Å². The summed E-state index contributed by atoms with van der Waals surface area (Å²) >= 11 is 3.45. The van der Waals surface area contributed by atoms with E-state index in [1.165, 1.54) is 0 Å². The van der Waals surface area contributed by atoms with Crippen molar-refractivity contribution in [3.05, 3.63) is 34.9 Å². The van der Waals surface area contributed by atoms with E-state index < -0.39 is 33.5 Å². The molecule has 218 valence electrons. The second-order valence-corrected chi connectivity index (χ2v) is 13.1. The first-order valence-electron chi connectivity index (χ1n) is 12.6. The molecule has 0 aliphatic carbocycles. The van der Waals surface area contributed by atoms with Crippen LogP contribution in [0, 0.1) is 0 Å². The van der Waals surface area contributed by atoms with E-state index in [9.17, 15) is 33.7 Å². The largest absolute Gasteiger partial charge is 0.449 e. The van der Waals surface area contributed by atoms with Crippen LogP contribution in [0.4, 0.5) is 10.5 Å². The van der Waals surface area contributed by atoms with Crippen molar-refractivity contribution in [1.29, 1.82) is 0 Å². The van der Waals surface area contributed by atoms with Crippen molar-refractivity contribution >= 4 is 60.5 Å². The molecule has 2 rings (SSSR count). The van der Waals surface area contributed by atoms with Crippen LogP contribution in [0.25, 0.3) is 10.9 Å². The highest BCUT2D eigenvalue weighted by atomic mass is 79.9. The lowest BCUT2D eigenvalue weighted by Crippen LogP contribution is -2.40. The minimum absolute atomic E-state index is 0.0639. The molecule has 5 N–H and O–H groups in total. The van der Waals surface area contributed by atoms with Crippen LogP contribution in [0.2, 0.25) is 0 Å². The molecule has 2 aromatic rings. The quantitative estimate of drug-likeness (QED) is 0.139. The average Bonchev–Trinajstić information content (AvgIpc) is 2.87. The van der Waals surface area contributed by atoms with Gasteiger partial charge in [0.2, 0.25) is 19.8 Å². The maximum absolute atomic E-state index is 13.3. The maximum atomic E-state index is 13.3. The van der Waals surface area contributed by atoms with Gasteiger partial charge in [0.05, 0.1) is 17.8 Å². The Bertz CT molecular complexity index is 1150. The van der Waals surface area contributed by atoms with Gasteiger partial charge in [0.1, 0.15) is 0 Å².